The van der Waals surface area contributed by atoms with Crippen molar-refractivity contribution in [2.45, 2.75) is 25.4 Å². The number of benzene rings is 1. The summed E-state index contributed by atoms with van der Waals surface area (Å²) in [5.41, 5.74) is 5.85. The first-order valence-electron chi connectivity index (χ1n) is 6.16. The topological polar surface area (TPSA) is 83.8 Å². The van der Waals surface area contributed by atoms with Gasteiger partial charge >= 0.3 is 0 Å². The van der Waals surface area contributed by atoms with E-state index < -0.39 is 5.54 Å². The summed E-state index contributed by atoms with van der Waals surface area (Å²) in [5, 5.41) is 2.86. The molecule has 1 heterocycles. The van der Waals surface area contributed by atoms with Crippen molar-refractivity contribution in [3.63, 3.8) is 0 Å². The highest BCUT2D eigenvalue weighted by atomic mass is 16.2. The van der Waals surface area contributed by atoms with Crippen molar-refractivity contribution in [1.29, 1.82) is 0 Å². The van der Waals surface area contributed by atoms with Gasteiger partial charge in [0.1, 0.15) is 11.4 Å². The number of aromatic amines is 1. The number of rotatable bonds is 4. The largest absolute Gasteiger partial charge is 0.347 e. The minimum atomic E-state index is -1.07. The number of nitrogens with one attached hydrogen (secondary N) is 2. The van der Waals surface area contributed by atoms with Gasteiger partial charge in [-0.05, 0) is 19.4 Å². The molecule has 0 bridgehead atoms. The highest BCUT2D eigenvalue weighted by molar-refractivity contribution is 5.87. The molecule has 2 atom stereocenters. The van der Waals surface area contributed by atoms with Crippen LogP contribution in [-0.2, 0) is 10.3 Å². The third-order valence-electron chi connectivity index (χ3n) is 3.12. The summed E-state index contributed by atoms with van der Waals surface area (Å²) in [6.45, 7) is 3.56. The average Bonchev–Trinajstić information content (AvgIpc) is 2.93. The number of carbonyl (C=O) groups excluding carboxylic acids is 1. The minimum Gasteiger partial charge on any atom is -0.347 e. The molecule has 1 aromatic heterocycles. The normalized spacial score (nSPS) is 15.5. The first-order chi connectivity index (χ1) is 9.01. The summed E-state index contributed by atoms with van der Waals surface area (Å²) in [4.78, 5) is 19.4. The fourth-order valence-electron chi connectivity index (χ4n) is 1.84. The Kier molecular flexibility index (Phi) is 3.66. The smallest absolute Gasteiger partial charge is 0.244 e. The van der Waals surface area contributed by atoms with Crippen LogP contribution in [0.15, 0.2) is 42.7 Å². The van der Waals surface area contributed by atoms with Crippen LogP contribution >= 0.6 is 0 Å². The maximum absolute atomic E-state index is 12.3. The van der Waals surface area contributed by atoms with Crippen LogP contribution in [0, 0.1) is 0 Å². The van der Waals surface area contributed by atoms with Crippen molar-refractivity contribution in [3.8, 4) is 0 Å². The Labute approximate surface area is 112 Å². The zero-order chi connectivity index (χ0) is 13.9. The molecule has 5 heteroatoms. The Morgan fingerprint density at radius 3 is 2.68 bits per heavy atom. The first kappa shape index (κ1) is 13.3. The van der Waals surface area contributed by atoms with Gasteiger partial charge in [0.15, 0.2) is 0 Å². The Bertz CT molecular complexity index is 534. The molecule has 2 unspecified atom stereocenters. The maximum Gasteiger partial charge on any atom is 0.244 e. The van der Waals surface area contributed by atoms with Gasteiger partial charge < -0.3 is 16.0 Å². The molecule has 0 fully saturated rings. The molecule has 1 aromatic carbocycles. The molecule has 4 N–H and O–H groups in total. The van der Waals surface area contributed by atoms with Crippen LogP contribution in [0.25, 0.3) is 0 Å². The van der Waals surface area contributed by atoms with Gasteiger partial charge in [0, 0.05) is 12.4 Å². The standard InChI is InChI=1S/C14H18N4O/c1-10(12-16-8-9-17-12)18-13(19)14(2,15)11-6-4-3-5-7-11/h3-10H,15H2,1-2H3,(H,16,17)(H,18,19). The molecule has 1 amide bonds. The van der Waals surface area contributed by atoms with E-state index in [1.165, 1.54) is 0 Å². The van der Waals surface area contributed by atoms with E-state index in [0.29, 0.717) is 5.82 Å². The molecule has 0 saturated heterocycles. The number of nitrogens with zero attached hydrogens (tertiary/aromatic N) is 1. The third-order valence-corrected chi connectivity index (χ3v) is 3.12. The van der Waals surface area contributed by atoms with Crippen molar-refractivity contribution in [2.24, 2.45) is 5.73 Å². The summed E-state index contributed by atoms with van der Waals surface area (Å²) >= 11 is 0. The second-order valence-electron chi connectivity index (χ2n) is 4.74. The number of H-pyrrole nitrogens is 1. The van der Waals surface area contributed by atoms with Gasteiger partial charge in [0.2, 0.25) is 5.91 Å². The molecule has 0 saturated carbocycles. The predicted octanol–water partition coefficient (Wildman–Crippen LogP) is 1.46. The van der Waals surface area contributed by atoms with Crippen LogP contribution in [0.2, 0.25) is 0 Å². The molecule has 0 aliphatic carbocycles. The Balaban J connectivity index is 2.11. The average molecular weight is 258 g/mol. The molecule has 5 nitrogen and oxygen atoms in total. The Morgan fingerprint density at radius 1 is 1.42 bits per heavy atom. The molecule has 2 rings (SSSR count). The zero-order valence-corrected chi connectivity index (χ0v) is 11.1. The lowest BCUT2D eigenvalue weighted by Crippen LogP contribution is -2.49. The van der Waals surface area contributed by atoms with Crippen LogP contribution < -0.4 is 11.1 Å². The van der Waals surface area contributed by atoms with Crippen molar-refractivity contribution in [2.75, 3.05) is 0 Å². The lowest BCUT2D eigenvalue weighted by molar-refractivity contribution is -0.126. The van der Waals surface area contributed by atoms with Gasteiger partial charge in [0.05, 0.1) is 6.04 Å². The summed E-state index contributed by atoms with van der Waals surface area (Å²) < 4.78 is 0. The molecule has 0 aliphatic rings. The van der Waals surface area contributed by atoms with E-state index in [0.717, 1.165) is 5.56 Å². The van der Waals surface area contributed by atoms with E-state index in [9.17, 15) is 4.79 Å². The van der Waals surface area contributed by atoms with Crippen LogP contribution in [0.4, 0.5) is 0 Å². The minimum absolute atomic E-state index is 0.214. The van der Waals surface area contributed by atoms with Crippen molar-refractivity contribution < 1.29 is 4.79 Å². The van der Waals surface area contributed by atoms with Gasteiger partial charge in [0.25, 0.3) is 0 Å². The SMILES string of the molecule is CC(NC(=O)C(C)(N)c1ccccc1)c1ncc[nH]1. The number of hydrogen-bond donors (Lipinski definition) is 3. The monoisotopic (exact) mass is 258 g/mol. The summed E-state index contributed by atoms with van der Waals surface area (Å²) in [7, 11) is 0. The van der Waals surface area contributed by atoms with Crippen molar-refractivity contribution in [3.05, 3.63) is 54.1 Å². The fourth-order valence-corrected chi connectivity index (χ4v) is 1.84. The van der Waals surface area contributed by atoms with Gasteiger partial charge in [-0.2, -0.15) is 0 Å². The van der Waals surface area contributed by atoms with Gasteiger partial charge in [-0.1, -0.05) is 30.3 Å². The van der Waals surface area contributed by atoms with Crippen molar-refractivity contribution in [1.82, 2.24) is 15.3 Å². The van der Waals surface area contributed by atoms with Gasteiger partial charge in [-0.25, -0.2) is 4.98 Å². The van der Waals surface area contributed by atoms with E-state index in [4.69, 9.17) is 5.73 Å². The first-order valence-corrected chi connectivity index (χ1v) is 6.16. The molecule has 0 spiro atoms. The van der Waals surface area contributed by atoms with E-state index in [1.54, 1.807) is 19.3 Å². The van der Waals surface area contributed by atoms with Gasteiger partial charge in [-0.15, -0.1) is 0 Å². The third kappa shape index (κ3) is 2.82. The van der Waals surface area contributed by atoms with E-state index >= 15 is 0 Å². The highest BCUT2D eigenvalue weighted by Gasteiger charge is 2.31. The fraction of sp³-hybridized carbons (Fsp3) is 0.286. The van der Waals surface area contributed by atoms with Crippen LogP contribution in [0.5, 0.6) is 0 Å². The van der Waals surface area contributed by atoms with Crippen LogP contribution in [0.3, 0.4) is 0 Å². The number of aromatic nitrogens is 2. The lowest BCUT2D eigenvalue weighted by atomic mass is 9.92. The molecule has 100 valence electrons. The second-order valence-corrected chi connectivity index (χ2v) is 4.74. The number of amides is 1. The summed E-state index contributed by atoms with van der Waals surface area (Å²) in [6.07, 6.45) is 3.37. The molecule has 2 aromatic rings. The number of imidazole rings is 1. The maximum atomic E-state index is 12.3. The van der Waals surface area contributed by atoms with E-state index in [2.05, 4.69) is 15.3 Å². The molecule has 19 heavy (non-hydrogen) atoms. The lowest BCUT2D eigenvalue weighted by Gasteiger charge is -2.25. The Hall–Kier alpha value is -2.14. The second kappa shape index (κ2) is 5.24. The van der Waals surface area contributed by atoms with Crippen LogP contribution in [-0.4, -0.2) is 15.9 Å². The molecule has 0 radical (unpaired) electrons. The zero-order valence-electron chi connectivity index (χ0n) is 11.1. The molecular formula is C14H18N4O. The molecule has 0 aliphatic heterocycles. The highest BCUT2D eigenvalue weighted by Crippen LogP contribution is 2.19. The van der Waals surface area contributed by atoms with Crippen molar-refractivity contribution >= 4 is 5.91 Å². The predicted molar refractivity (Wildman–Crippen MR) is 73.1 cm³/mol. The van der Waals surface area contributed by atoms with Crippen LogP contribution in [0.1, 0.15) is 31.3 Å². The van der Waals surface area contributed by atoms with E-state index in [1.807, 2.05) is 37.3 Å². The van der Waals surface area contributed by atoms with E-state index in [-0.39, 0.29) is 11.9 Å². The molecular weight excluding hydrogens is 240 g/mol. The summed E-state index contributed by atoms with van der Waals surface area (Å²) in [5.74, 6) is 0.472. The Morgan fingerprint density at radius 2 is 2.11 bits per heavy atom. The quantitative estimate of drug-likeness (QED) is 0.776. The number of nitrogens with two attached hydrogens (primary N) is 1. The number of carbonyl (C=O) groups is 1. The van der Waals surface area contributed by atoms with Gasteiger partial charge in [-0.3, -0.25) is 4.79 Å². The summed E-state index contributed by atoms with van der Waals surface area (Å²) in [6, 6.07) is 9.10. The number of hydrogen-bond acceptors (Lipinski definition) is 3.